The molecule has 1 fully saturated rings. The third-order valence-corrected chi connectivity index (χ3v) is 8.44. The van der Waals surface area contributed by atoms with E-state index < -0.39 is 0 Å². The average Bonchev–Trinajstić information content (AvgIpc) is 2.80. The van der Waals surface area contributed by atoms with Gasteiger partial charge < -0.3 is 18.9 Å². The molecule has 0 bridgehead atoms. The lowest BCUT2D eigenvalue weighted by molar-refractivity contribution is -0.133. The van der Waals surface area contributed by atoms with Crippen molar-refractivity contribution < 1.29 is 18.9 Å². The maximum absolute atomic E-state index is 6.20. The molecule has 3 rings (SSSR count). The molecule has 8 heteroatoms. The smallest absolute Gasteiger partial charge is 0.147 e. The average molecular weight is 740 g/mol. The van der Waals surface area contributed by atoms with Crippen LogP contribution in [-0.2, 0) is 9.47 Å². The summed E-state index contributed by atoms with van der Waals surface area (Å²) in [4.78, 5) is 0. The van der Waals surface area contributed by atoms with Crippen LogP contribution >= 0.6 is 63.7 Å². The Labute approximate surface area is 242 Å². The zero-order valence-corrected chi connectivity index (χ0v) is 26.4. The van der Waals surface area contributed by atoms with Gasteiger partial charge in [-0.3, -0.25) is 0 Å². The highest BCUT2D eigenvalue weighted by molar-refractivity contribution is 9.11. The Kier molecular flexibility index (Phi) is 12.1. The van der Waals surface area contributed by atoms with Crippen LogP contribution in [0.25, 0.3) is 11.1 Å². The van der Waals surface area contributed by atoms with Crippen LogP contribution in [0.3, 0.4) is 0 Å². The van der Waals surface area contributed by atoms with E-state index in [9.17, 15) is 0 Å². The first kappa shape index (κ1) is 29.2. The molecule has 0 N–H and O–H groups in total. The van der Waals surface area contributed by atoms with Gasteiger partial charge in [0, 0.05) is 6.61 Å². The minimum absolute atomic E-state index is 0.128. The maximum Gasteiger partial charge on any atom is 0.147 e. The number of rotatable bonds is 15. The van der Waals surface area contributed by atoms with Crippen LogP contribution in [0.5, 0.6) is 11.5 Å². The van der Waals surface area contributed by atoms with Crippen LogP contribution < -0.4 is 9.47 Å². The number of hydrogen-bond acceptors (Lipinski definition) is 4. The third-order valence-electron chi connectivity index (χ3n) is 6.08. The quantitative estimate of drug-likeness (QED) is 0.135. The molecular weight excluding hydrogens is 708 g/mol. The second-order valence-corrected chi connectivity index (χ2v) is 12.2. The Morgan fingerprint density at radius 2 is 1.34 bits per heavy atom. The summed E-state index contributed by atoms with van der Waals surface area (Å²) in [5.74, 6) is 1.65. The first-order valence-corrected chi connectivity index (χ1v) is 15.1. The number of unbranched alkanes of at least 4 members (excludes halogenated alkanes) is 3. The molecule has 0 aliphatic carbocycles. The van der Waals surface area contributed by atoms with E-state index >= 15 is 0 Å². The van der Waals surface area contributed by atoms with Gasteiger partial charge in [-0.1, -0.05) is 19.4 Å². The number of ether oxygens (including phenoxy) is 4. The van der Waals surface area contributed by atoms with E-state index in [0.29, 0.717) is 19.8 Å². The molecule has 0 spiro atoms. The zero-order chi connectivity index (χ0) is 25.3. The summed E-state index contributed by atoms with van der Waals surface area (Å²) in [6.45, 7) is 10.1. The Morgan fingerprint density at radius 3 is 1.80 bits per heavy atom. The van der Waals surface area contributed by atoms with Gasteiger partial charge in [0.15, 0.2) is 0 Å². The van der Waals surface area contributed by atoms with Gasteiger partial charge in [0.05, 0.1) is 56.3 Å². The van der Waals surface area contributed by atoms with Crippen molar-refractivity contribution in [1.82, 2.24) is 0 Å². The van der Waals surface area contributed by atoms with Gasteiger partial charge in [-0.15, -0.1) is 6.58 Å². The highest BCUT2D eigenvalue weighted by Crippen LogP contribution is 2.43. The highest BCUT2D eigenvalue weighted by Gasteiger charge is 2.38. The van der Waals surface area contributed by atoms with Gasteiger partial charge in [-0.05, 0) is 125 Å². The van der Waals surface area contributed by atoms with Gasteiger partial charge in [-0.2, -0.15) is 0 Å². The second kappa shape index (κ2) is 14.5. The largest absolute Gasteiger partial charge is 0.491 e. The Morgan fingerprint density at radius 1 is 0.829 bits per heavy atom. The van der Waals surface area contributed by atoms with Gasteiger partial charge >= 0.3 is 0 Å². The summed E-state index contributed by atoms with van der Waals surface area (Å²) >= 11 is 14.8. The van der Waals surface area contributed by atoms with E-state index in [1.165, 1.54) is 0 Å². The SMILES string of the molecule is C=CCOCCCCCCOc1c(Br)cc(-c2cc(Br)c(OCC3(CC)COC3)c(Br)c2)cc1Br. The van der Waals surface area contributed by atoms with E-state index in [0.717, 1.165) is 92.4 Å². The first-order chi connectivity index (χ1) is 16.9. The van der Waals surface area contributed by atoms with Crippen LogP contribution in [0.4, 0.5) is 0 Å². The van der Waals surface area contributed by atoms with Gasteiger partial charge in [0.25, 0.3) is 0 Å². The lowest BCUT2D eigenvalue weighted by Gasteiger charge is -2.40. The molecule has 4 nitrogen and oxygen atoms in total. The van der Waals surface area contributed by atoms with E-state index in [1.54, 1.807) is 6.08 Å². The lowest BCUT2D eigenvalue weighted by Crippen LogP contribution is -2.46. The number of hydrogen-bond donors (Lipinski definition) is 0. The van der Waals surface area contributed by atoms with Crippen molar-refractivity contribution in [3.8, 4) is 22.6 Å². The molecule has 0 radical (unpaired) electrons. The second-order valence-electron chi connectivity index (χ2n) is 8.80. The summed E-state index contributed by atoms with van der Waals surface area (Å²) in [5, 5.41) is 0. The molecule has 2 aromatic rings. The van der Waals surface area contributed by atoms with Crippen LogP contribution in [0, 0.1) is 5.41 Å². The standard InChI is InChI=1S/C27H32Br4O4/c1-3-9-32-10-7-5-6-8-11-34-25-21(28)12-19(13-22(25)29)20-14-23(30)26(24(31)15-20)35-18-27(4-2)16-33-17-27/h3,12-15H,1,4-11,16-18H2,2H3. The lowest BCUT2D eigenvalue weighted by atomic mass is 9.84. The van der Waals surface area contributed by atoms with Crippen LogP contribution in [0.1, 0.15) is 39.0 Å². The fraction of sp³-hybridized carbons (Fsp3) is 0.481. The summed E-state index contributed by atoms with van der Waals surface area (Å²) in [6.07, 6.45) is 7.16. The van der Waals surface area contributed by atoms with E-state index in [1.807, 2.05) is 0 Å². The summed E-state index contributed by atoms with van der Waals surface area (Å²) in [7, 11) is 0. The van der Waals surface area contributed by atoms with Crippen LogP contribution in [-0.4, -0.2) is 39.6 Å². The van der Waals surface area contributed by atoms with E-state index in [2.05, 4.69) is 101 Å². The Bertz CT molecular complexity index is 940. The van der Waals surface area contributed by atoms with Crippen molar-refractivity contribution in [3.63, 3.8) is 0 Å². The summed E-state index contributed by atoms with van der Waals surface area (Å²) in [6, 6.07) is 8.35. The van der Waals surface area contributed by atoms with Crippen LogP contribution in [0.2, 0.25) is 0 Å². The summed E-state index contributed by atoms with van der Waals surface area (Å²) in [5.41, 5.74) is 2.27. The molecule has 1 aliphatic rings. The molecule has 0 amide bonds. The molecular formula is C27H32Br4O4. The molecule has 1 heterocycles. The van der Waals surface area contributed by atoms with E-state index in [4.69, 9.17) is 18.9 Å². The predicted molar refractivity (Wildman–Crippen MR) is 157 cm³/mol. The molecule has 192 valence electrons. The maximum atomic E-state index is 6.20. The molecule has 0 saturated carbocycles. The minimum Gasteiger partial charge on any atom is -0.491 e. The highest BCUT2D eigenvalue weighted by atomic mass is 79.9. The molecule has 1 saturated heterocycles. The zero-order valence-electron chi connectivity index (χ0n) is 20.0. The van der Waals surface area contributed by atoms with E-state index in [-0.39, 0.29) is 5.41 Å². The van der Waals surface area contributed by atoms with Gasteiger partial charge in [0.2, 0.25) is 0 Å². The minimum atomic E-state index is 0.128. The molecule has 0 aromatic heterocycles. The fourth-order valence-corrected chi connectivity index (χ4v) is 6.57. The molecule has 2 aromatic carbocycles. The van der Waals surface area contributed by atoms with Crippen molar-refractivity contribution in [2.24, 2.45) is 5.41 Å². The van der Waals surface area contributed by atoms with Crippen molar-refractivity contribution in [3.05, 3.63) is 54.8 Å². The van der Waals surface area contributed by atoms with Crippen molar-refractivity contribution in [1.29, 1.82) is 0 Å². The normalized spacial score (nSPS) is 14.4. The van der Waals surface area contributed by atoms with Gasteiger partial charge in [0.1, 0.15) is 11.5 Å². The number of halogens is 4. The molecule has 1 aliphatic heterocycles. The summed E-state index contributed by atoms with van der Waals surface area (Å²) < 4.78 is 26.8. The number of benzene rings is 2. The Hall–Kier alpha value is -0.380. The third kappa shape index (κ3) is 8.30. The van der Waals surface area contributed by atoms with Crippen LogP contribution in [0.15, 0.2) is 54.8 Å². The molecule has 0 unspecified atom stereocenters. The van der Waals surface area contributed by atoms with Crippen molar-refractivity contribution >= 4 is 63.7 Å². The topological polar surface area (TPSA) is 36.9 Å². The Balaban J connectivity index is 1.57. The first-order valence-electron chi connectivity index (χ1n) is 11.9. The predicted octanol–water partition coefficient (Wildman–Crippen LogP) is 9.35. The monoisotopic (exact) mass is 736 g/mol. The van der Waals surface area contributed by atoms with Gasteiger partial charge in [-0.25, -0.2) is 0 Å². The molecule has 0 atom stereocenters. The molecule has 35 heavy (non-hydrogen) atoms. The fourth-order valence-electron chi connectivity index (χ4n) is 3.74. The van der Waals surface area contributed by atoms with Crippen molar-refractivity contribution in [2.45, 2.75) is 39.0 Å². The van der Waals surface area contributed by atoms with Crippen molar-refractivity contribution in [2.75, 3.05) is 39.6 Å².